The first-order valence-corrected chi connectivity index (χ1v) is 6.53. The molecule has 0 fully saturated rings. The van der Waals surface area contributed by atoms with Crippen molar-refractivity contribution >= 4 is 11.7 Å². The van der Waals surface area contributed by atoms with Crippen LogP contribution >= 0.6 is 0 Å². The molecule has 1 N–H and O–H groups in total. The number of nitrogens with zero attached hydrogens (tertiary/aromatic N) is 1. The first-order valence-electron chi connectivity index (χ1n) is 6.53. The highest BCUT2D eigenvalue weighted by atomic mass is 17.1. The van der Waals surface area contributed by atoms with Gasteiger partial charge in [0.2, 0.25) is 0 Å². The van der Waals surface area contributed by atoms with Crippen LogP contribution in [0.15, 0.2) is 24.3 Å². The minimum atomic E-state index is -0.161. The van der Waals surface area contributed by atoms with Gasteiger partial charge in [0.25, 0.3) is 0 Å². The van der Waals surface area contributed by atoms with Gasteiger partial charge in [-0.15, -0.1) is 0 Å². The minimum absolute atomic E-state index is 0.161. The quantitative estimate of drug-likeness (QED) is 0.446. The highest BCUT2D eigenvalue weighted by Crippen LogP contribution is 2.21. The molecule has 0 saturated heterocycles. The van der Waals surface area contributed by atoms with Gasteiger partial charge in [-0.25, -0.2) is 5.26 Å². The van der Waals surface area contributed by atoms with Crippen LogP contribution in [0.5, 0.6) is 5.75 Å². The summed E-state index contributed by atoms with van der Waals surface area (Å²) in [6.07, 6.45) is 1.15. The molecule has 5 nitrogen and oxygen atoms in total. The first-order chi connectivity index (χ1) is 9.21. The van der Waals surface area contributed by atoms with Gasteiger partial charge in [0, 0.05) is 31.3 Å². The van der Waals surface area contributed by atoms with Gasteiger partial charge in [0.05, 0.1) is 6.61 Å². The summed E-state index contributed by atoms with van der Waals surface area (Å²) in [6, 6.07) is 7.19. The maximum atomic E-state index is 11.3. The van der Waals surface area contributed by atoms with E-state index in [2.05, 4.69) is 9.79 Å². The van der Waals surface area contributed by atoms with Crippen LogP contribution in [0, 0.1) is 0 Å². The molecule has 0 unspecified atom stereocenters. The topological polar surface area (TPSA) is 59.0 Å². The molecule has 0 aromatic heterocycles. The Bertz CT molecular complexity index is 395. The third kappa shape index (κ3) is 5.18. The molecule has 19 heavy (non-hydrogen) atoms. The van der Waals surface area contributed by atoms with E-state index in [9.17, 15) is 4.79 Å². The predicted octanol–water partition coefficient (Wildman–Crippen LogP) is 2.71. The molecule has 0 bridgehead atoms. The van der Waals surface area contributed by atoms with E-state index in [1.165, 1.54) is 0 Å². The van der Waals surface area contributed by atoms with Crippen molar-refractivity contribution in [1.29, 1.82) is 0 Å². The van der Waals surface area contributed by atoms with Gasteiger partial charge < -0.3 is 14.5 Å². The standard InChI is InChI=1S/C14H21NO4/c1-3-15(10-6-9-14(16)18-4-2)12-7-5-8-13(11-12)19-17/h5,7-8,11,17H,3-4,6,9-10H2,1-2H3. The molecule has 0 atom stereocenters. The van der Waals surface area contributed by atoms with Gasteiger partial charge in [0.15, 0.2) is 5.75 Å². The summed E-state index contributed by atoms with van der Waals surface area (Å²) in [6.45, 7) is 5.83. The maximum Gasteiger partial charge on any atom is 0.305 e. The fourth-order valence-electron chi connectivity index (χ4n) is 1.85. The van der Waals surface area contributed by atoms with Gasteiger partial charge in [-0.2, -0.15) is 0 Å². The molecule has 1 aromatic rings. The van der Waals surface area contributed by atoms with E-state index in [1.54, 1.807) is 19.1 Å². The highest BCUT2D eigenvalue weighted by molar-refractivity contribution is 5.69. The van der Waals surface area contributed by atoms with Crippen molar-refractivity contribution in [2.45, 2.75) is 26.7 Å². The fourth-order valence-corrected chi connectivity index (χ4v) is 1.85. The van der Waals surface area contributed by atoms with Crippen molar-refractivity contribution in [1.82, 2.24) is 0 Å². The van der Waals surface area contributed by atoms with E-state index >= 15 is 0 Å². The predicted molar refractivity (Wildman–Crippen MR) is 73.5 cm³/mol. The van der Waals surface area contributed by atoms with Crippen LogP contribution in [-0.2, 0) is 9.53 Å². The van der Waals surface area contributed by atoms with Crippen LogP contribution in [0.1, 0.15) is 26.7 Å². The van der Waals surface area contributed by atoms with Crippen LogP contribution in [0.3, 0.4) is 0 Å². The van der Waals surface area contributed by atoms with Crippen LogP contribution < -0.4 is 9.79 Å². The zero-order valence-corrected chi connectivity index (χ0v) is 11.5. The number of rotatable bonds is 8. The Hall–Kier alpha value is -1.75. The van der Waals surface area contributed by atoms with Crippen molar-refractivity contribution in [3.63, 3.8) is 0 Å². The number of carbonyl (C=O) groups is 1. The Morgan fingerprint density at radius 3 is 2.79 bits per heavy atom. The molecule has 0 heterocycles. The normalized spacial score (nSPS) is 10.1. The molecule has 1 rings (SSSR count). The smallest absolute Gasteiger partial charge is 0.305 e. The lowest BCUT2D eigenvalue weighted by Gasteiger charge is -2.23. The summed E-state index contributed by atoms with van der Waals surface area (Å²) in [5.41, 5.74) is 0.956. The number of ether oxygens (including phenoxy) is 1. The lowest BCUT2D eigenvalue weighted by Crippen LogP contribution is -2.24. The number of carbonyl (C=O) groups excluding carboxylic acids is 1. The van der Waals surface area contributed by atoms with Gasteiger partial charge >= 0.3 is 5.97 Å². The van der Waals surface area contributed by atoms with Crippen LogP contribution in [0.25, 0.3) is 0 Å². The molecule has 0 aliphatic heterocycles. The average molecular weight is 267 g/mol. The van der Waals surface area contributed by atoms with Gasteiger partial charge in [-0.3, -0.25) is 4.79 Å². The van der Waals surface area contributed by atoms with Gasteiger partial charge in [0.1, 0.15) is 0 Å². The fraction of sp³-hybridized carbons (Fsp3) is 0.500. The molecule has 0 radical (unpaired) electrons. The number of hydrogen-bond donors (Lipinski definition) is 1. The first kappa shape index (κ1) is 15.3. The molecular weight excluding hydrogens is 246 g/mol. The summed E-state index contributed by atoms with van der Waals surface area (Å²) < 4.78 is 4.89. The molecule has 106 valence electrons. The van der Waals surface area contributed by atoms with Crippen LogP contribution in [-0.4, -0.2) is 30.9 Å². The number of anilines is 1. The summed E-state index contributed by atoms with van der Waals surface area (Å²) >= 11 is 0. The second-order valence-corrected chi connectivity index (χ2v) is 4.08. The molecule has 1 aromatic carbocycles. The van der Waals surface area contributed by atoms with Gasteiger partial charge in [-0.1, -0.05) is 6.07 Å². The zero-order chi connectivity index (χ0) is 14.1. The van der Waals surface area contributed by atoms with Crippen LogP contribution in [0.4, 0.5) is 5.69 Å². The molecule has 0 spiro atoms. The summed E-state index contributed by atoms with van der Waals surface area (Å²) in [5.74, 6) is 0.243. The average Bonchev–Trinajstić information content (AvgIpc) is 2.44. The third-order valence-corrected chi connectivity index (χ3v) is 2.78. The maximum absolute atomic E-state index is 11.3. The Labute approximate surface area is 113 Å². The lowest BCUT2D eigenvalue weighted by molar-refractivity contribution is -0.143. The van der Waals surface area contributed by atoms with Gasteiger partial charge in [-0.05, 0) is 32.4 Å². The summed E-state index contributed by atoms with van der Waals surface area (Å²) in [4.78, 5) is 17.6. The molecular formula is C14H21NO4. The molecule has 0 saturated carbocycles. The van der Waals surface area contributed by atoms with Crippen molar-refractivity contribution in [3.8, 4) is 5.75 Å². The largest absolute Gasteiger partial charge is 0.466 e. The van der Waals surface area contributed by atoms with Crippen molar-refractivity contribution in [2.75, 3.05) is 24.6 Å². The molecule has 5 heteroatoms. The Morgan fingerprint density at radius 1 is 1.37 bits per heavy atom. The summed E-state index contributed by atoms with van der Waals surface area (Å²) in [5, 5.41) is 8.64. The minimum Gasteiger partial charge on any atom is -0.466 e. The van der Waals surface area contributed by atoms with Crippen molar-refractivity contribution in [2.24, 2.45) is 0 Å². The highest BCUT2D eigenvalue weighted by Gasteiger charge is 2.07. The SMILES string of the molecule is CCOC(=O)CCCN(CC)c1cccc(OO)c1. The Kier molecular flexibility index (Phi) is 6.74. The second kappa shape index (κ2) is 8.37. The van der Waals surface area contributed by atoms with Crippen molar-refractivity contribution < 1.29 is 19.7 Å². The van der Waals surface area contributed by atoms with E-state index in [-0.39, 0.29) is 5.97 Å². The van der Waals surface area contributed by atoms with E-state index in [1.807, 2.05) is 19.1 Å². The lowest BCUT2D eigenvalue weighted by atomic mass is 10.2. The van der Waals surface area contributed by atoms with E-state index in [0.717, 1.165) is 25.2 Å². The van der Waals surface area contributed by atoms with E-state index in [4.69, 9.17) is 9.99 Å². The van der Waals surface area contributed by atoms with E-state index in [0.29, 0.717) is 18.8 Å². The Morgan fingerprint density at radius 2 is 2.16 bits per heavy atom. The van der Waals surface area contributed by atoms with Crippen LogP contribution in [0.2, 0.25) is 0 Å². The number of benzene rings is 1. The molecule has 0 aliphatic rings. The van der Waals surface area contributed by atoms with Crippen molar-refractivity contribution in [3.05, 3.63) is 24.3 Å². The number of hydrogen-bond acceptors (Lipinski definition) is 5. The zero-order valence-electron chi connectivity index (χ0n) is 11.5. The number of esters is 1. The Balaban J connectivity index is 2.50. The monoisotopic (exact) mass is 267 g/mol. The summed E-state index contributed by atoms with van der Waals surface area (Å²) in [7, 11) is 0. The second-order valence-electron chi connectivity index (χ2n) is 4.08. The molecule has 0 aliphatic carbocycles. The molecule has 0 amide bonds. The third-order valence-electron chi connectivity index (χ3n) is 2.78. The van der Waals surface area contributed by atoms with E-state index < -0.39 is 0 Å².